The molecule has 0 saturated heterocycles. The Labute approximate surface area is 126 Å². The van der Waals surface area contributed by atoms with Crippen molar-refractivity contribution in [1.29, 1.82) is 0 Å². The number of hydrogen-bond donors (Lipinski definition) is 1. The predicted molar refractivity (Wildman–Crippen MR) is 83.2 cm³/mol. The van der Waals surface area contributed by atoms with Crippen LogP contribution in [0, 0.1) is 0 Å². The van der Waals surface area contributed by atoms with Gasteiger partial charge in [0.05, 0.1) is 6.54 Å². The average molecular weight is 306 g/mol. The van der Waals surface area contributed by atoms with Gasteiger partial charge in [-0.1, -0.05) is 29.3 Å². The second-order valence-electron chi connectivity index (χ2n) is 4.56. The molecule has 0 spiro atoms. The van der Waals surface area contributed by atoms with Gasteiger partial charge in [-0.15, -0.1) is 0 Å². The SMILES string of the molecule is NCc1cn(Cc2c(Cl)cccc2Cl)c2ncccc12. The molecule has 0 unspecified atom stereocenters. The third-order valence-electron chi connectivity index (χ3n) is 3.33. The Bertz CT molecular complexity index is 745. The van der Waals surface area contributed by atoms with E-state index in [2.05, 4.69) is 4.98 Å². The minimum atomic E-state index is 0.478. The summed E-state index contributed by atoms with van der Waals surface area (Å²) in [7, 11) is 0. The first-order valence-corrected chi connectivity index (χ1v) is 7.02. The lowest BCUT2D eigenvalue weighted by Crippen LogP contribution is -2.01. The number of halogens is 2. The Morgan fingerprint density at radius 2 is 1.85 bits per heavy atom. The van der Waals surface area contributed by atoms with Gasteiger partial charge >= 0.3 is 0 Å². The molecule has 3 aromatic rings. The Balaban J connectivity index is 2.12. The quantitative estimate of drug-likeness (QED) is 0.798. The maximum absolute atomic E-state index is 6.23. The molecule has 0 amide bonds. The third kappa shape index (κ3) is 2.29. The van der Waals surface area contributed by atoms with E-state index in [1.807, 2.05) is 41.1 Å². The van der Waals surface area contributed by atoms with Crippen LogP contribution in [0.4, 0.5) is 0 Å². The number of hydrogen-bond acceptors (Lipinski definition) is 2. The summed E-state index contributed by atoms with van der Waals surface area (Å²) in [5.41, 5.74) is 8.64. The van der Waals surface area contributed by atoms with E-state index >= 15 is 0 Å². The van der Waals surface area contributed by atoms with Crippen LogP contribution < -0.4 is 5.73 Å². The molecule has 0 radical (unpaired) electrons. The summed E-state index contributed by atoms with van der Waals surface area (Å²) >= 11 is 12.5. The summed E-state index contributed by atoms with van der Waals surface area (Å²) in [6.07, 6.45) is 3.78. The number of nitrogens with two attached hydrogens (primary N) is 1. The van der Waals surface area contributed by atoms with Gasteiger partial charge in [0.2, 0.25) is 0 Å². The summed E-state index contributed by atoms with van der Waals surface area (Å²) in [5, 5.41) is 2.38. The zero-order valence-corrected chi connectivity index (χ0v) is 12.2. The second-order valence-corrected chi connectivity index (χ2v) is 5.38. The first kappa shape index (κ1) is 13.4. The topological polar surface area (TPSA) is 43.8 Å². The molecule has 1 aromatic carbocycles. The smallest absolute Gasteiger partial charge is 0.140 e. The van der Waals surface area contributed by atoms with Crippen LogP contribution in [0.2, 0.25) is 10.0 Å². The standard InChI is InChI=1S/C15H13Cl2N3/c16-13-4-1-5-14(17)12(13)9-20-8-10(7-18)11-3-2-6-19-15(11)20/h1-6,8H,7,9,18H2. The number of fused-ring (bicyclic) bond motifs is 1. The maximum Gasteiger partial charge on any atom is 0.140 e. The van der Waals surface area contributed by atoms with E-state index in [0.717, 1.165) is 22.2 Å². The molecule has 0 aliphatic heterocycles. The second kappa shape index (κ2) is 5.44. The van der Waals surface area contributed by atoms with E-state index in [1.165, 1.54) is 0 Å². The lowest BCUT2D eigenvalue weighted by molar-refractivity contribution is 0.819. The first-order chi connectivity index (χ1) is 9.70. The summed E-state index contributed by atoms with van der Waals surface area (Å²) in [6, 6.07) is 9.45. The lowest BCUT2D eigenvalue weighted by Gasteiger charge is -2.08. The molecule has 3 rings (SSSR count). The fraction of sp³-hybridized carbons (Fsp3) is 0.133. The van der Waals surface area contributed by atoms with Crippen molar-refractivity contribution < 1.29 is 0 Å². The van der Waals surface area contributed by atoms with Crippen molar-refractivity contribution in [1.82, 2.24) is 9.55 Å². The molecule has 0 aliphatic rings. The monoisotopic (exact) mass is 305 g/mol. The normalized spacial score (nSPS) is 11.2. The van der Waals surface area contributed by atoms with Gasteiger partial charge < -0.3 is 10.3 Å². The summed E-state index contributed by atoms with van der Waals surface area (Å²) < 4.78 is 2.03. The van der Waals surface area contributed by atoms with Gasteiger partial charge in [0.15, 0.2) is 0 Å². The molecule has 102 valence electrons. The summed E-state index contributed by atoms with van der Waals surface area (Å²) in [6.45, 7) is 1.05. The van der Waals surface area contributed by atoms with Crippen LogP contribution in [-0.4, -0.2) is 9.55 Å². The molecule has 5 heteroatoms. The van der Waals surface area contributed by atoms with Gasteiger partial charge in [-0.05, 0) is 29.8 Å². The van der Waals surface area contributed by atoms with E-state index in [1.54, 1.807) is 6.20 Å². The number of benzene rings is 1. The van der Waals surface area contributed by atoms with E-state index in [4.69, 9.17) is 28.9 Å². The number of aromatic nitrogens is 2. The summed E-state index contributed by atoms with van der Waals surface area (Å²) in [5.74, 6) is 0. The fourth-order valence-corrected chi connectivity index (χ4v) is 2.85. The van der Waals surface area contributed by atoms with Crippen LogP contribution in [0.1, 0.15) is 11.1 Å². The maximum atomic E-state index is 6.23. The van der Waals surface area contributed by atoms with Gasteiger partial charge in [-0.25, -0.2) is 4.98 Å². The molecular weight excluding hydrogens is 293 g/mol. The molecule has 2 heterocycles. The van der Waals surface area contributed by atoms with Gasteiger partial charge in [-0.2, -0.15) is 0 Å². The summed E-state index contributed by atoms with van der Waals surface area (Å²) in [4.78, 5) is 4.43. The van der Waals surface area contributed by atoms with E-state index in [0.29, 0.717) is 23.1 Å². The minimum Gasteiger partial charge on any atom is -0.328 e. The highest BCUT2D eigenvalue weighted by Crippen LogP contribution is 2.27. The molecule has 0 bridgehead atoms. The highest BCUT2D eigenvalue weighted by atomic mass is 35.5. The number of rotatable bonds is 3. The van der Waals surface area contributed by atoms with Crippen molar-refractivity contribution in [2.45, 2.75) is 13.1 Å². The van der Waals surface area contributed by atoms with Crippen molar-refractivity contribution in [2.75, 3.05) is 0 Å². The molecule has 0 aliphatic carbocycles. The van der Waals surface area contributed by atoms with Crippen LogP contribution in [0.5, 0.6) is 0 Å². The van der Waals surface area contributed by atoms with Crippen molar-refractivity contribution >= 4 is 34.2 Å². The van der Waals surface area contributed by atoms with Crippen LogP contribution in [0.3, 0.4) is 0 Å². The van der Waals surface area contributed by atoms with E-state index < -0.39 is 0 Å². The van der Waals surface area contributed by atoms with Crippen molar-refractivity contribution in [3.05, 3.63) is 63.9 Å². The largest absolute Gasteiger partial charge is 0.328 e. The van der Waals surface area contributed by atoms with Crippen LogP contribution in [0.15, 0.2) is 42.7 Å². The van der Waals surface area contributed by atoms with Gasteiger partial charge in [0.1, 0.15) is 5.65 Å². The highest BCUT2D eigenvalue weighted by Gasteiger charge is 2.11. The molecule has 0 fully saturated rings. The highest BCUT2D eigenvalue weighted by molar-refractivity contribution is 6.36. The van der Waals surface area contributed by atoms with Crippen molar-refractivity contribution in [3.8, 4) is 0 Å². The molecule has 2 aromatic heterocycles. The van der Waals surface area contributed by atoms with E-state index in [9.17, 15) is 0 Å². The number of nitrogens with zero attached hydrogens (tertiary/aromatic N) is 2. The van der Waals surface area contributed by atoms with Crippen LogP contribution >= 0.6 is 23.2 Å². The van der Waals surface area contributed by atoms with Gasteiger partial charge in [0, 0.05) is 39.9 Å². The molecule has 0 atom stereocenters. The third-order valence-corrected chi connectivity index (χ3v) is 4.03. The van der Waals surface area contributed by atoms with E-state index in [-0.39, 0.29) is 0 Å². The Morgan fingerprint density at radius 1 is 1.10 bits per heavy atom. The predicted octanol–water partition coefficient (Wildman–Crippen LogP) is 3.85. The Hall–Kier alpha value is -1.55. The first-order valence-electron chi connectivity index (χ1n) is 6.26. The Kier molecular flexibility index (Phi) is 3.66. The zero-order valence-electron chi connectivity index (χ0n) is 10.7. The molecule has 0 saturated carbocycles. The van der Waals surface area contributed by atoms with Gasteiger partial charge in [-0.3, -0.25) is 0 Å². The minimum absolute atomic E-state index is 0.478. The lowest BCUT2D eigenvalue weighted by atomic mass is 10.2. The van der Waals surface area contributed by atoms with Crippen molar-refractivity contribution in [2.24, 2.45) is 5.73 Å². The van der Waals surface area contributed by atoms with Gasteiger partial charge in [0.25, 0.3) is 0 Å². The number of pyridine rings is 1. The van der Waals surface area contributed by atoms with Crippen molar-refractivity contribution in [3.63, 3.8) is 0 Å². The zero-order chi connectivity index (χ0) is 14.1. The Morgan fingerprint density at radius 3 is 2.55 bits per heavy atom. The molecule has 2 N–H and O–H groups in total. The average Bonchev–Trinajstić information content (AvgIpc) is 2.81. The van der Waals surface area contributed by atoms with Crippen LogP contribution in [-0.2, 0) is 13.1 Å². The molecule has 3 nitrogen and oxygen atoms in total. The molecule has 20 heavy (non-hydrogen) atoms. The molecular formula is C15H13Cl2N3. The fourth-order valence-electron chi connectivity index (χ4n) is 2.33. The van der Waals surface area contributed by atoms with Crippen LogP contribution in [0.25, 0.3) is 11.0 Å².